The molecule has 0 spiro atoms. The lowest BCUT2D eigenvalue weighted by Gasteiger charge is -2.19. The molecule has 0 aromatic heterocycles. The van der Waals surface area contributed by atoms with E-state index in [9.17, 15) is 9.90 Å². The molecule has 11 heavy (non-hydrogen) atoms. The monoisotopic (exact) mass is 157 g/mol. The van der Waals surface area contributed by atoms with Crippen molar-refractivity contribution in [2.45, 2.75) is 32.9 Å². The van der Waals surface area contributed by atoms with Gasteiger partial charge in [-0.15, -0.1) is 0 Å². The zero-order valence-electron chi connectivity index (χ0n) is 7.22. The Hall–Kier alpha value is -0.830. The summed E-state index contributed by atoms with van der Waals surface area (Å²) < 4.78 is 0. The van der Waals surface area contributed by atoms with Crippen LogP contribution in [0.25, 0.3) is 0 Å². The predicted molar refractivity (Wildman–Crippen MR) is 44.1 cm³/mol. The molecule has 3 heteroatoms. The summed E-state index contributed by atoms with van der Waals surface area (Å²) in [6.07, 6.45) is -0.654. The average Bonchev–Trinajstić information content (AvgIpc) is 1.84. The third-order valence-corrected chi connectivity index (χ3v) is 1.41. The molecule has 0 bridgehead atoms. The summed E-state index contributed by atoms with van der Waals surface area (Å²) in [6.45, 7) is 8.46. The number of amides is 1. The van der Waals surface area contributed by atoms with Crippen molar-refractivity contribution in [1.29, 1.82) is 0 Å². The van der Waals surface area contributed by atoms with Gasteiger partial charge in [0.1, 0.15) is 0 Å². The van der Waals surface area contributed by atoms with E-state index < -0.39 is 6.10 Å². The lowest BCUT2D eigenvalue weighted by molar-refractivity contribution is -0.120. The van der Waals surface area contributed by atoms with E-state index in [1.807, 2.05) is 0 Å². The summed E-state index contributed by atoms with van der Waals surface area (Å²) >= 11 is 0. The summed E-state index contributed by atoms with van der Waals surface area (Å²) in [7, 11) is 0. The standard InChI is InChI=1S/C8H15NO2/c1-5(2)8(11)6(3)9-7(4)10/h6,8,11H,1H2,2-4H3,(H,9,10). The van der Waals surface area contributed by atoms with Crippen molar-refractivity contribution >= 4 is 5.91 Å². The molecular formula is C8H15NO2. The zero-order chi connectivity index (χ0) is 9.02. The third-order valence-electron chi connectivity index (χ3n) is 1.41. The molecule has 1 amide bonds. The van der Waals surface area contributed by atoms with Crippen molar-refractivity contribution in [1.82, 2.24) is 5.32 Å². The molecule has 0 aliphatic heterocycles. The Labute approximate surface area is 67.1 Å². The first kappa shape index (κ1) is 10.2. The molecule has 0 aliphatic carbocycles. The van der Waals surface area contributed by atoms with Crippen molar-refractivity contribution in [2.75, 3.05) is 0 Å². The van der Waals surface area contributed by atoms with Crippen LogP contribution in [-0.4, -0.2) is 23.2 Å². The van der Waals surface area contributed by atoms with Gasteiger partial charge >= 0.3 is 0 Å². The number of aliphatic hydroxyl groups excluding tert-OH is 1. The van der Waals surface area contributed by atoms with Crippen LogP contribution < -0.4 is 5.32 Å². The van der Waals surface area contributed by atoms with E-state index in [2.05, 4.69) is 11.9 Å². The smallest absolute Gasteiger partial charge is 0.217 e. The van der Waals surface area contributed by atoms with Gasteiger partial charge in [0.15, 0.2) is 0 Å². The quantitative estimate of drug-likeness (QED) is 0.584. The zero-order valence-corrected chi connectivity index (χ0v) is 7.22. The molecule has 0 aliphatic rings. The van der Waals surface area contributed by atoms with E-state index in [-0.39, 0.29) is 11.9 Å². The van der Waals surface area contributed by atoms with Gasteiger partial charge in [-0.3, -0.25) is 4.79 Å². The molecule has 0 rings (SSSR count). The minimum atomic E-state index is -0.654. The lowest BCUT2D eigenvalue weighted by Crippen LogP contribution is -2.40. The van der Waals surface area contributed by atoms with Crippen molar-refractivity contribution in [3.63, 3.8) is 0 Å². The molecule has 0 aromatic carbocycles. The maximum atomic E-state index is 10.5. The van der Waals surface area contributed by atoms with Crippen LogP contribution in [-0.2, 0) is 4.79 Å². The van der Waals surface area contributed by atoms with Gasteiger partial charge in [-0.05, 0) is 13.8 Å². The average molecular weight is 157 g/mol. The van der Waals surface area contributed by atoms with Crippen LogP contribution >= 0.6 is 0 Å². The van der Waals surface area contributed by atoms with Crippen LogP contribution in [0.1, 0.15) is 20.8 Å². The fourth-order valence-corrected chi connectivity index (χ4v) is 0.826. The predicted octanol–water partition coefficient (Wildman–Crippen LogP) is 0.448. The molecule has 2 unspecified atom stereocenters. The Morgan fingerprint density at radius 3 is 2.27 bits per heavy atom. The second-order valence-electron chi connectivity index (χ2n) is 2.78. The molecule has 2 N–H and O–H groups in total. The van der Waals surface area contributed by atoms with Crippen molar-refractivity contribution in [3.8, 4) is 0 Å². The molecule has 0 aromatic rings. The summed E-state index contributed by atoms with van der Waals surface area (Å²) in [4.78, 5) is 10.5. The first-order valence-corrected chi connectivity index (χ1v) is 3.55. The molecule has 0 saturated carbocycles. The van der Waals surface area contributed by atoms with E-state index in [1.165, 1.54) is 6.92 Å². The molecular weight excluding hydrogens is 142 g/mol. The second kappa shape index (κ2) is 4.13. The molecule has 0 saturated heterocycles. The first-order valence-electron chi connectivity index (χ1n) is 3.55. The van der Waals surface area contributed by atoms with Gasteiger partial charge in [-0.1, -0.05) is 12.2 Å². The number of carbonyl (C=O) groups excluding carboxylic acids is 1. The Kier molecular flexibility index (Phi) is 3.82. The highest BCUT2D eigenvalue weighted by Gasteiger charge is 2.14. The van der Waals surface area contributed by atoms with Crippen LogP contribution in [0.15, 0.2) is 12.2 Å². The molecule has 0 radical (unpaired) electrons. The Morgan fingerprint density at radius 2 is 2.00 bits per heavy atom. The minimum absolute atomic E-state index is 0.141. The molecule has 0 heterocycles. The number of hydrogen-bond acceptors (Lipinski definition) is 2. The van der Waals surface area contributed by atoms with Crippen molar-refractivity contribution in [2.24, 2.45) is 0 Å². The summed E-state index contributed by atoms with van der Waals surface area (Å²) in [5, 5.41) is 11.9. The van der Waals surface area contributed by atoms with Gasteiger partial charge in [0, 0.05) is 6.92 Å². The van der Waals surface area contributed by atoms with Gasteiger partial charge in [-0.25, -0.2) is 0 Å². The van der Waals surface area contributed by atoms with E-state index in [1.54, 1.807) is 13.8 Å². The highest BCUT2D eigenvalue weighted by atomic mass is 16.3. The summed E-state index contributed by atoms with van der Waals surface area (Å²) in [5.74, 6) is -0.141. The maximum absolute atomic E-state index is 10.5. The second-order valence-corrected chi connectivity index (χ2v) is 2.78. The highest BCUT2D eigenvalue weighted by molar-refractivity contribution is 5.73. The van der Waals surface area contributed by atoms with E-state index in [0.29, 0.717) is 5.57 Å². The van der Waals surface area contributed by atoms with Crippen molar-refractivity contribution in [3.05, 3.63) is 12.2 Å². The topological polar surface area (TPSA) is 49.3 Å². The Morgan fingerprint density at radius 1 is 1.55 bits per heavy atom. The normalized spacial score (nSPS) is 15.3. The number of aliphatic hydroxyl groups is 1. The fraction of sp³-hybridized carbons (Fsp3) is 0.625. The van der Waals surface area contributed by atoms with Gasteiger partial charge < -0.3 is 10.4 Å². The largest absolute Gasteiger partial charge is 0.387 e. The van der Waals surface area contributed by atoms with Gasteiger partial charge in [0.2, 0.25) is 5.91 Å². The molecule has 2 atom stereocenters. The van der Waals surface area contributed by atoms with Crippen molar-refractivity contribution < 1.29 is 9.90 Å². The van der Waals surface area contributed by atoms with Crippen LogP contribution in [0.5, 0.6) is 0 Å². The highest BCUT2D eigenvalue weighted by Crippen LogP contribution is 2.02. The van der Waals surface area contributed by atoms with E-state index >= 15 is 0 Å². The van der Waals surface area contributed by atoms with Crippen LogP contribution in [0.4, 0.5) is 0 Å². The van der Waals surface area contributed by atoms with E-state index in [4.69, 9.17) is 0 Å². The van der Waals surface area contributed by atoms with Crippen LogP contribution in [0, 0.1) is 0 Å². The summed E-state index contributed by atoms with van der Waals surface area (Å²) in [6, 6.07) is -0.259. The number of nitrogens with one attached hydrogen (secondary N) is 1. The Balaban J connectivity index is 3.92. The number of rotatable bonds is 3. The molecule has 64 valence electrons. The number of carbonyl (C=O) groups is 1. The minimum Gasteiger partial charge on any atom is -0.387 e. The number of hydrogen-bond donors (Lipinski definition) is 2. The Bertz CT molecular complexity index is 165. The fourth-order valence-electron chi connectivity index (χ4n) is 0.826. The van der Waals surface area contributed by atoms with Gasteiger partial charge in [-0.2, -0.15) is 0 Å². The van der Waals surface area contributed by atoms with Crippen LogP contribution in [0.3, 0.4) is 0 Å². The third kappa shape index (κ3) is 3.78. The maximum Gasteiger partial charge on any atom is 0.217 e. The summed E-state index contributed by atoms with van der Waals surface area (Å²) in [5.41, 5.74) is 0.659. The first-order chi connectivity index (χ1) is 4.95. The van der Waals surface area contributed by atoms with Crippen LogP contribution in [0.2, 0.25) is 0 Å². The lowest BCUT2D eigenvalue weighted by atomic mass is 10.1. The molecule has 0 fully saturated rings. The molecule has 3 nitrogen and oxygen atoms in total. The van der Waals surface area contributed by atoms with Gasteiger partial charge in [0.25, 0.3) is 0 Å². The van der Waals surface area contributed by atoms with Gasteiger partial charge in [0.05, 0.1) is 12.1 Å². The van der Waals surface area contributed by atoms with E-state index in [0.717, 1.165) is 0 Å². The SMILES string of the molecule is C=C(C)C(O)C(C)NC(C)=O.